The minimum Gasteiger partial charge on any atom is -0.353 e. The molecule has 21 heavy (non-hydrogen) atoms. The number of benzene rings is 1. The summed E-state index contributed by atoms with van der Waals surface area (Å²) in [5, 5.41) is 6.05. The average molecular weight is 289 g/mol. The van der Waals surface area contributed by atoms with Crippen LogP contribution in [0.2, 0.25) is 0 Å². The summed E-state index contributed by atoms with van der Waals surface area (Å²) >= 11 is 0. The summed E-state index contributed by atoms with van der Waals surface area (Å²) < 4.78 is 0. The van der Waals surface area contributed by atoms with Crippen LogP contribution in [0.1, 0.15) is 25.5 Å². The first-order chi connectivity index (χ1) is 10.1. The second kappa shape index (κ2) is 7.22. The molecule has 2 rings (SSSR count). The highest BCUT2D eigenvalue weighted by Gasteiger charge is 2.22. The number of nitrogens with zero attached hydrogens (tertiary/aromatic N) is 1. The van der Waals surface area contributed by atoms with E-state index in [2.05, 4.69) is 36.6 Å². The number of amides is 2. The second-order valence-corrected chi connectivity index (χ2v) is 5.68. The van der Waals surface area contributed by atoms with Crippen molar-refractivity contribution in [1.29, 1.82) is 0 Å². The van der Waals surface area contributed by atoms with E-state index in [9.17, 15) is 9.59 Å². The molecule has 1 heterocycles. The average Bonchev–Trinajstić information content (AvgIpc) is 2.48. The van der Waals surface area contributed by atoms with Crippen molar-refractivity contribution in [2.24, 2.45) is 5.92 Å². The zero-order valence-electron chi connectivity index (χ0n) is 12.6. The van der Waals surface area contributed by atoms with Crippen LogP contribution < -0.4 is 10.6 Å². The van der Waals surface area contributed by atoms with Crippen LogP contribution in [-0.4, -0.2) is 42.9 Å². The summed E-state index contributed by atoms with van der Waals surface area (Å²) in [7, 11) is 0. The fourth-order valence-electron chi connectivity index (χ4n) is 2.56. The Hall–Kier alpha value is -1.88. The van der Waals surface area contributed by atoms with Gasteiger partial charge in [-0.05, 0) is 11.5 Å². The molecule has 1 unspecified atom stereocenters. The lowest BCUT2D eigenvalue weighted by Gasteiger charge is -2.28. The normalized spacial score (nSPS) is 16.7. The first kappa shape index (κ1) is 15.5. The predicted octanol–water partition coefficient (Wildman–Crippen LogP) is 0.932. The second-order valence-electron chi connectivity index (χ2n) is 5.68. The number of hydrogen-bond acceptors (Lipinski definition) is 3. The summed E-state index contributed by atoms with van der Waals surface area (Å²) in [5.74, 6) is 0.273. The molecule has 114 valence electrons. The Labute approximate surface area is 125 Å². The van der Waals surface area contributed by atoms with E-state index in [4.69, 9.17) is 0 Å². The van der Waals surface area contributed by atoms with Gasteiger partial charge >= 0.3 is 0 Å². The van der Waals surface area contributed by atoms with Crippen molar-refractivity contribution in [3.63, 3.8) is 0 Å². The third-order valence-corrected chi connectivity index (χ3v) is 3.69. The van der Waals surface area contributed by atoms with Crippen molar-refractivity contribution >= 4 is 11.8 Å². The van der Waals surface area contributed by atoms with Gasteiger partial charge in [-0.1, -0.05) is 44.2 Å². The van der Waals surface area contributed by atoms with Crippen LogP contribution in [-0.2, 0) is 9.59 Å². The molecular weight excluding hydrogens is 266 g/mol. The van der Waals surface area contributed by atoms with Gasteiger partial charge in [0, 0.05) is 19.1 Å². The summed E-state index contributed by atoms with van der Waals surface area (Å²) in [5.41, 5.74) is 1.18. The molecule has 1 aliphatic heterocycles. The number of carbonyl (C=O) groups excluding carboxylic acids is 2. The summed E-state index contributed by atoms with van der Waals surface area (Å²) in [6.45, 7) is 5.80. The highest BCUT2D eigenvalue weighted by atomic mass is 16.2. The molecule has 2 amide bonds. The van der Waals surface area contributed by atoms with Crippen LogP contribution in [0.3, 0.4) is 0 Å². The highest BCUT2D eigenvalue weighted by molar-refractivity contribution is 5.86. The van der Waals surface area contributed by atoms with Crippen molar-refractivity contribution in [3.8, 4) is 0 Å². The summed E-state index contributed by atoms with van der Waals surface area (Å²) in [6.07, 6.45) is 0. The van der Waals surface area contributed by atoms with E-state index in [1.165, 1.54) is 5.56 Å². The van der Waals surface area contributed by atoms with Gasteiger partial charge in [0.25, 0.3) is 0 Å². The molecule has 0 spiro atoms. The van der Waals surface area contributed by atoms with E-state index in [0.29, 0.717) is 19.0 Å². The molecule has 1 saturated heterocycles. The van der Waals surface area contributed by atoms with E-state index in [0.717, 1.165) is 0 Å². The fraction of sp³-hybridized carbons (Fsp3) is 0.500. The molecule has 0 bridgehead atoms. The monoisotopic (exact) mass is 289 g/mol. The molecule has 2 N–H and O–H groups in total. The van der Waals surface area contributed by atoms with E-state index in [1.807, 2.05) is 18.2 Å². The Morgan fingerprint density at radius 2 is 2.05 bits per heavy atom. The van der Waals surface area contributed by atoms with Crippen LogP contribution >= 0.6 is 0 Å². The number of nitrogens with one attached hydrogen (secondary N) is 2. The van der Waals surface area contributed by atoms with Crippen LogP contribution in [0.5, 0.6) is 0 Å². The zero-order valence-corrected chi connectivity index (χ0v) is 12.6. The van der Waals surface area contributed by atoms with Gasteiger partial charge in [0.05, 0.1) is 13.1 Å². The minimum atomic E-state index is -0.0851. The quantitative estimate of drug-likeness (QED) is 0.848. The maximum Gasteiger partial charge on any atom is 0.239 e. The molecule has 1 aromatic carbocycles. The lowest BCUT2D eigenvalue weighted by atomic mass is 9.96. The third-order valence-electron chi connectivity index (χ3n) is 3.69. The van der Waals surface area contributed by atoms with E-state index < -0.39 is 0 Å². The maximum atomic E-state index is 12.2. The number of carbonyl (C=O) groups is 2. The zero-order chi connectivity index (χ0) is 15.2. The van der Waals surface area contributed by atoms with E-state index in [-0.39, 0.29) is 30.9 Å². The molecule has 1 aliphatic rings. The van der Waals surface area contributed by atoms with E-state index >= 15 is 0 Å². The van der Waals surface area contributed by atoms with Crippen molar-refractivity contribution in [2.75, 3.05) is 26.2 Å². The molecule has 0 aliphatic carbocycles. The molecule has 1 aromatic rings. The number of hydrogen-bond donors (Lipinski definition) is 2. The number of piperazine rings is 1. The van der Waals surface area contributed by atoms with Crippen LogP contribution in [0.25, 0.3) is 0 Å². The van der Waals surface area contributed by atoms with Crippen molar-refractivity contribution < 1.29 is 9.59 Å². The Kier molecular flexibility index (Phi) is 5.33. The standard InChI is InChI=1S/C16H23N3O2/c1-12(2)16(13-6-4-3-5-7-13)18-10-15(21)19-9-8-17-14(20)11-19/h3-7,12,16,18H,8-11H2,1-2H3,(H,17,20). The predicted molar refractivity (Wildman–Crippen MR) is 81.6 cm³/mol. The van der Waals surface area contributed by atoms with Gasteiger partial charge in [-0.2, -0.15) is 0 Å². The highest BCUT2D eigenvalue weighted by Crippen LogP contribution is 2.20. The molecule has 1 fully saturated rings. The first-order valence-electron chi connectivity index (χ1n) is 7.40. The van der Waals surface area contributed by atoms with Crippen molar-refractivity contribution in [1.82, 2.24) is 15.5 Å². The first-order valence-corrected chi connectivity index (χ1v) is 7.40. The minimum absolute atomic E-state index is 0.0218. The molecule has 5 nitrogen and oxygen atoms in total. The van der Waals surface area contributed by atoms with Gasteiger partial charge in [0.15, 0.2) is 0 Å². The van der Waals surface area contributed by atoms with Crippen LogP contribution in [0, 0.1) is 5.92 Å². The van der Waals surface area contributed by atoms with Gasteiger partial charge < -0.3 is 15.5 Å². The topological polar surface area (TPSA) is 61.4 Å². The smallest absolute Gasteiger partial charge is 0.239 e. The van der Waals surface area contributed by atoms with Crippen molar-refractivity contribution in [3.05, 3.63) is 35.9 Å². The van der Waals surface area contributed by atoms with Gasteiger partial charge in [0.1, 0.15) is 0 Å². The fourth-order valence-corrected chi connectivity index (χ4v) is 2.56. The Balaban J connectivity index is 1.93. The SMILES string of the molecule is CC(C)C(NCC(=O)N1CCNC(=O)C1)c1ccccc1. The van der Waals surface area contributed by atoms with Crippen LogP contribution in [0.15, 0.2) is 30.3 Å². The van der Waals surface area contributed by atoms with Crippen LogP contribution in [0.4, 0.5) is 0 Å². The molecule has 5 heteroatoms. The Morgan fingerprint density at radius 3 is 2.67 bits per heavy atom. The lowest BCUT2D eigenvalue weighted by molar-refractivity contribution is -0.137. The summed E-state index contributed by atoms with van der Waals surface area (Å²) in [4.78, 5) is 25.1. The largest absolute Gasteiger partial charge is 0.353 e. The molecule has 0 aromatic heterocycles. The van der Waals surface area contributed by atoms with E-state index in [1.54, 1.807) is 4.90 Å². The molecule has 0 saturated carbocycles. The Morgan fingerprint density at radius 1 is 1.33 bits per heavy atom. The van der Waals surface area contributed by atoms with Gasteiger partial charge in [-0.3, -0.25) is 9.59 Å². The molecular formula is C16H23N3O2. The van der Waals surface area contributed by atoms with Crippen molar-refractivity contribution in [2.45, 2.75) is 19.9 Å². The van der Waals surface area contributed by atoms with Gasteiger partial charge in [-0.15, -0.1) is 0 Å². The lowest BCUT2D eigenvalue weighted by Crippen LogP contribution is -2.52. The third kappa shape index (κ3) is 4.29. The Bertz CT molecular complexity index is 488. The van der Waals surface area contributed by atoms with Gasteiger partial charge in [-0.25, -0.2) is 0 Å². The number of rotatable bonds is 5. The molecule has 0 radical (unpaired) electrons. The van der Waals surface area contributed by atoms with Gasteiger partial charge in [0.2, 0.25) is 11.8 Å². The molecule has 1 atom stereocenters. The maximum absolute atomic E-state index is 12.2. The summed E-state index contributed by atoms with van der Waals surface area (Å²) in [6, 6.07) is 10.3.